The summed E-state index contributed by atoms with van der Waals surface area (Å²) in [7, 11) is 1.67. The molecule has 1 heterocycles. The lowest BCUT2D eigenvalue weighted by atomic mass is 9.66. The van der Waals surface area contributed by atoms with Crippen LogP contribution in [0.4, 0.5) is 5.69 Å². The summed E-state index contributed by atoms with van der Waals surface area (Å²) in [5, 5.41) is 16.8. The van der Waals surface area contributed by atoms with Crippen LogP contribution in [0.5, 0.6) is 5.75 Å². The number of piperidine rings is 1. The third-order valence-electron chi connectivity index (χ3n) is 7.71. The highest BCUT2D eigenvalue weighted by Crippen LogP contribution is 2.44. The van der Waals surface area contributed by atoms with Gasteiger partial charge in [-0.2, -0.15) is 0 Å². The van der Waals surface area contributed by atoms with Crippen molar-refractivity contribution in [3.63, 3.8) is 0 Å². The second-order valence-corrected chi connectivity index (χ2v) is 9.62. The van der Waals surface area contributed by atoms with Crippen molar-refractivity contribution in [1.82, 2.24) is 0 Å². The Labute approximate surface area is 195 Å². The number of fused-ring (bicyclic) bond motifs is 2. The standard InChI is InChI=1S/C28H32N2O3/c1-33-22-14-12-21(13-15-22)27-24-10-4-5-16-28(24,32)17-18-30(27)19-26(31)29-25-11-6-8-20-7-2-3-9-23(20)25/h2-3,6-9,11-15,24,27,32H,4-5,10,16-19H2,1H3,(H,29,31)/p+1/t24-,27+,28-/m1/s1. The summed E-state index contributed by atoms with van der Waals surface area (Å²) in [5.41, 5.74) is 1.40. The van der Waals surface area contributed by atoms with Gasteiger partial charge in [-0.05, 0) is 48.6 Å². The number of hydrogen-bond donors (Lipinski definition) is 3. The van der Waals surface area contributed by atoms with Gasteiger partial charge in [0.25, 0.3) is 5.91 Å². The minimum absolute atomic E-state index is 0.0149. The predicted molar refractivity (Wildman–Crippen MR) is 131 cm³/mol. The van der Waals surface area contributed by atoms with E-state index in [0.717, 1.165) is 60.9 Å². The van der Waals surface area contributed by atoms with E-state index in [4.69, 9.17) is 4.74 Å². The summed E-state index contributed by atoms with van der Waals surface area (Å²) < 4.78 is 5.36. The van der Waals surface area contributed by atoms with Crippen LogP contribution in [0, 0.1) is 5.92 Å². The summed E-state index contributed by atoms with van der Waals surface area (Å²) in [6, 6.07) is 22.4. The van der Waals surface area contributed by atoms with Crippen molar-refractivity contribution in [1.29, 1.82) is 0 Å². The molecule has 5 rings (SSSR count). The Morgan fingerprint density at radius 3 is 2.67 bits per heavy atom. The first-order valence-corrected chi connectivity index (χ1v) is 12.1. The molecule has 1 aliphatic carbocycles. The Bertz CT molecular complexity index is 1120. The molecule has 3 N–H and O–H groups in total. The first-order valence-electron chi connectivity index (χ1n) is 12.1. The first kappa shape index (κ1) is 21.9. The van der Waals surface area contributed by atoms with Gasteiger partial charge in [-0.1, -0.05) is 49.2 Å². The molecule has 0 radical (unpaired) electrons. The van der Waals surface area contributed by atoms with E-state index in [1.165, 1.54) is 10.5 Å². The number of aliphatic hydroxyl groups is 1. The Hall–Kier alpha value is -2.89. The van der Waals surface area contributed by atoms with Crippen molar-refractivity contribution < 1.29 is 19.5 Å². The summed E-state index contributed by atoms with van der Waals surface area (Å²) in [5.74, 6) is 0.999. The summed E-state index contributed by atoms with van der Waals surface area (Å²) in [6.45, 7) is 1.17. The molecule has 5 heteroatoms. The zero-order valence-corrected chi connectivity index (χ0v) is 19.2. The van der Waals surface area contributed by atoms with E-state index in [-0.39, 0.29) is 17.9 Å². The number of ether oxygens (including phenoxy) is 1. The fourth-order valence-corrected chi connectivity index (χ4v) is 6.07. The van der Waals surface area contributed by atoms with E-state index in [0.29, 0.717) is 6.54 Å². The minimum atomic E-state index is -0.627. The number of nitrogens with one attached hydrogen (secondary N) is 2. The molecule has 3 aromatic carbocycles. The van der Waals surface area contributed by atoms with Crippen LogP contribution < -0.4 is 15.0 Å². The molecule has 1 aliphatic heterocycles. The van der Waals surface area contributed by atoms with Crippen LogP contribution in [-0.2, 0) is 4.79 Å². The molecule has 1 saturated carbocycles. The lowest BCUT2D eigenvalue weighted by Crippen LogP contribution is -3.16. The van der Waals surface area contributed by atoms with Gasteiger partial charge < -0.3 is 20.1 Å². The van der Waals surface area contributed by atoms with Gasteiger partial charge in [0.05, 0.1) is 19.3 Å². The molecular formula is C28H33N2O3+. The van der Waals surface area contributed by atoms with Crippen molar-refractivity contribution in [3.05, 3.63) is 72.3 Å². The summed E-state index contributed by atoms with van der Waals surface area (Å²) >= 11 is 0. The van der Waals surface area contributed by atoms with Crippen LogP contribution >= 0.6 is 0 Å². The smallest absolute Gasteiger partial charge is 0.279 e. The molecule has 33 heavy (non-hydrogen) atoms. The fourth-order valence-electron chi connectivity index (χ4n) is 6.07. The van der Waals surface area contributed by atoms with Crippen LogP contribution in [-0.4, -0.2) is 36.8 Å². The van der Waals surface area contributed by atoms with E-state index in [1.807, 2.05) is 42.5 Å². The van der Waals surface area contributed by atoms with Crippen LogP contribution in [0.2, 0.25) is 0 Å². The van der Waals surface area contributed by atoms with Gasteiger partial charge in [0.1, 0.15) is 11.8 Å². The fraction of sp³-hybridized carbons (Fsp3) is 0.393. The Morgan fingerprint density at radius 2 is 1.85 bits per heavy atom. The third kappa shape index (κ3) is 4.35. The molecule has 0 aromatic heterocycles. The number of likely N-dealkylation sites (tertiary alicyclic amines) is 1. The average molecular weight is 446 g/mol. The van der Waals surface area contributed by atoms with E-state index in [1.54, 1.807) is 7.11 Å². The molecule has 172 valence electrons. The number of rotatable bonds is 5. The monoisotopic (exact) mass is 445 g/mol. The zero-order valence-electron chi connectivity index (χ0n) is 19.2. The van der Waals surface area contributed by atoms with Gasteiger partial charge >= 0.3 is 0 Å². The predicted octanol–water partition coefficient (Wildman–Crippen LogP) is 3.74. The number of benzene rings is 3. The largest absolute Gasteiger partial charge is 0.497 e. The highest BCUT2D eigenvalue weighted by molar-refractivity contribution is 6.02. The van der Waals surface area contributed by atoms with Gasteiger partial charge in [-0.3, -0.25) is 4.79 Å². The molecule has 1 amide bonds. The van der Waals surface area contributed by atoms with Crippen LogP contribution in [0.25, 0.3) is 10.8 Å². The zero-order chi connectivity index (χ0) is 22.8. The average Bonchev–Trinajstić information content (AvgIpc) is 2.84. The molecule has 2 fully saturated rings. The lowest BCUT2D eigenvalue weighted by Gasteiger charge is -2.50. The van der Waals surface area contributed by atoms with Crippen molar-refractivity contribution in [2.75, 3.05) is 25.5 Å². The summed E-state index contributed by atoms with van der Waals surface area (Å²) in [6.07, 6.45) is 4.83. The molecule has 0 spiro atoms. The highest BCUT2D eigenvalue weighted by Gasteiger charge is 2.51. The van der Waals surface area contributed by atoms with Gasteiger partial charge in [-0.15, -0.1) is 0 Å². The topological polar surface area (TPSA) is 63.0 Å². The van der Waals surface area contributed by atoms with Gasteiger partial charge in [0.15, 0.2) is 6.54 Å². The maximum absolute atomic E-state index is 13.2. The molecule has 0 bridgehead atoms. The Morgan fingerprint density at radius 1 is 1.06 bits per heavy atom. The van der Waals surface area contributed by atoms with Crippen molar-refractivity contribution in [3.8, 4) is 5.75 Å². The lowest BCUT2D eigenvalue weighted by molar-refractivity contribution is -0.937. The quantitative estimate of drug-likeness (QED) is 0.561. The van der Waals surface area contributed by atoms with Gasteiger partial charge in [0, 0.05) is 29.0 Å². The van der Waals surface area contributed by atoms with Gasteiger partial charge in [0.2, 0.25) is 0 Å². The van der Waals surface area contributed by atoms with Crippen LogP contribution in [0.1, 0.15) is 43.7 Å². The van der Waals surface area contributed by atoms with E-state index < -0.39 is 5.60 Å². The maximum atomic E-state index is 13.2. The first-order chi connectivity index (χ1) is 16.1. The van der Waals surface area contributed by atoms with E-state index in [2.05, 4.69) is 29.6 Å². The van der Waals surface area contributed by atoms with Crippen molar-refractivity contribution in [2.45, 2.75) is 43.7 Å². The molecule has 3 aromatic rings. The Balaban J connectivity index is 1.40. The number of quaternary nitrogens is 1. The molecule has 1 unspecified atom stereocenters. The SMILES string of the molecule is COc1ccc([C@H]2[C@H]3CCCC[C@@]3(O)CC[NH+]2CC(=O)Nc2cccc3ccccc23)cc1. The number of anilines is 1. The number of hydrogen-bond acceptors (Lipinski definition) is 3. The minimum Gasteiger partial charge on any atom is -0.497 e. The number of amides is 1. The number of methoxy groups -OCH3 is 1. The Kier molecular flexibility index (Phi) is 6.09. The van der Waals surface area contributed by atoms with Crippen LogP contribution in [0.3, 0.4) is 0 Å². The van der Waals surface area contributed by atoms with E-state index >= 15 is 0 Å². The molecule has 4 atom stereocenters. The summed E-state index contributed by atoms with van der Waals surface area (Å²) in [4.78, 5) is 14.5. The number of carbonyl (C=O) groups is 1. The second-order valence-electron chi connectivity index (χ2n) is 9.62. The third-order valence-corrected chi connectivity index (χ3v) is 7.71. The van der Waals surface area contributed by atoms with Crippen molar-refractivity contribution >= 4 is 22.4 Å². The molecule has 5 nitrogen and oxygen atoms in total. The highest BCUT2D eigenvalue weighted by atomic mass is 16.5. The molecular weight excluding hydrogens is 412 g/mol. The van der Waals surface area contributed by atoms with Crippen LogP contribution in [0.15, 0.2) is 66.7 Å². The van der Waals surface area contributed by atoms with Gasteiger partial charge in [-0.25, -0.2) is 0 Å². The normalized spacial score (nSPS) is 27.0. The molecule has 2 aliphatic rings. The molecule has 1 saturated heterocycles. The second kappa shape index (κ2) is 9.16. The maximum Gasteiger partial charge on any atom is 0.279 e. The van der Waals surface area contributed by atoms with Crippen molar-refractivity contribution in [2.24, 2.45) is 5.92 Å². The van der Waals surface area contributed by atoms with E-state index in [9.17, 15) is 9.90 Å². The number of carbonyl (C=O) groups excluding carboxylic acids is 1.